The Balaban J connectivity index is 2.16. The summed E-state index contributed by atoms with van der Waals surface area (Å²) in [5.74, 6) is 0. The highest BCUT2D eigenvalue weighted by molar-refractivity contribution is 7.19. The lowest BCUT2D eigenvalue weighted by atomic mass is 10.0. The lowest BCUT2D eigenvalue weighted by Gasteiger charge is -1.99. The Kier molecular flexibility index (Phi) is 3.18. The number of pyridine rings is 1. The standard InChI is InChI=1S/C17H15NS/c1-12-13(2)17(15-8-10-18-11-9-15)19-16(12)14-6-4-3-5-7-14/h3-11H,1-2H3. The third kappa shape index (κ3) is 2.20. The van der Waals surface area contributed by atoms with Crippen LogP contribution in [0.1, 0.15) is 11.1 Å². The van der Waals surface area contributed by atoms with Gasteiger partial charge in [0.25, 0.3) is 0 Å². The summed E-state index contributed by atoms with van der Waals surface area (Å²) in [7, 11) is 0. The molecule has 0 aliphatic heterocycles. The molecule has 0 aliphatic carbocycles. The first-order valence-electron chi connectivity index (χ1n) is 6.33. The fourth-order valence-corrected chi connectivity index (χ4v) is 3.56. The molecule has 0 saturated heterocycles. The Morgan fingerprint density at radius 2 is 1.26 bits per heavy atom. The molecule has 19 heavy (non-hydrogen) atoms. The molecule has 94 valence electrons. The Bertz CT molecular complexity index is 624. The molecule has 0 amide bonds. The Labute approximate surface area is 117 Å². The van der Waals surface area contributed by atoms with Gasteiger partial charge in [0.15, 0.2) is 0 Å². The van der Waals surface area contributed by atoms with Gasteiger partial charge in [-0.05, 0) is 48.2 Å². The molecule has 0 fully saturated rings. The summed E-state index contributed by atoms with van der Waals surface area (Å²) in [5.41, 5.74) is 5.30. The summed E-state index contributed by atoms with van der Waals surface area (Å²) in [4.78, 5) is 6.80. The van der Waals surface area contributed by atoms with Crippen LogP contribution in [0.3, 0.4) is 0 Å². The Hall–Kier alpha value is -1.93. The molecule has 2 aromatic heterocycles. The van der Waals surface area contributed by atoms with Crippen molar-refractivity contribution in [2.75, 3.05) is 0 Å². The van der Waals surface area contributed by atoms with Crippen molar-refractivity contribution in [1.29, 1.82) is 0 Å². The van der Waals surface area contributed by atoms with Gasteiger partial charge in [0.2, 0.25) is 0 Å². The highest BCUT2D eigenvalue weighted by atomic mass is 32.1. The first-order valence-corrected chi connectivity index (χ1v) is 7.15. The van der Waals surface area contributed by atoms with Gasteiger partial charge in [0.05, 0.1) is 0 Å². The van der Waals surface area contributed by atoms with Gasteiger partial charge in [-0.3, -0.25) is 4.98 Å². The van der Waals surface area contributed by atoms with Gasteiger partial charge >= 0.3 is 0 Å². The van der Waals surface area contributed by atoms with Crippen LogP contribution in [0.25, 0.3) is 20.9 Å². The predicted octanol–water partition coefficient (Wildman–Crippen LogP) is 5.09. The highest BCUT2D eigenvalue weighted by Gasteiger charge is 2.13. The van der Waals surface area contributed by atoms with E-state index in [2.05, 4.69) is 61.3 Å². The van der Waals surface area contributed by atoms with Gasteiger partial charge < -0.3 is 0 Å². The van der Waals surface area contributed by atoms with E-state index in [-0.39, 0.29) is 0 Å². The summed E-state index contributed by atoms with van der Waals surface area (Å²) in [6, 6.07) is 14.7. The average molecular weight is 265 g/mol. The Morgan fingerprint density at radius 3 is 1.84 bits per heavy atom. The quantitative estimate of drug-likeness (QED) is 0.628. The van der Waals surface area contributed by atoms with Gasteiger partial charge in [-0.2, -0.15) is 0 Å². The van der Waals surface area contributed by atoms with E-state index < -0.39 is 0 Å². The van der Waals surface area contributed by atoms with Crippen molar-refractivity contribution < 1.29 is 0 Å². The van der Waals surface area contributed by atoms with Gasteiger partial charge in [-0.15, -0.1) is 11.3 Å². The van der Waals surface area contributed by atoms with Crippen molar-refractivity contribution in [3.05, 3.63) is 66.0 Å². The fourth-order valence-electron chi connectivity index (χ4n) is 2.24. The maximum atomic E-state index is 4.09. The summed E-state index contributed by atoms with van der Waals surface area (Å²) in [6.07, 6.45) is 3.71. The molecular formula is C17H15NS. The molecule has 0 N–H and O–H groups in total. The van der Waals surface area contributed by atoms with Gasteiger partial charge in [-0.25, -0.2) is 0 Å². The lowest BCUT2D eigenvalue weighted by molar-refractivity contribution is 1.33. The Morgan fingerprint density at radius 1 is 0.737 bits per heavy atom. The van der Waals surface area contributed by atoms with Crippen LogP contribution in [0.4, 0.5) is 0 Å². The molecule has 1 aromatic carbocycles. The minimum absolute atomic E-state index is 1.25. The molecule has 0 bridgehead atoms. The van der Waals surface area contributed by atoms with E-state index in [1.54, 1.807) is 0 Å². The number of rotatable bonds is 2. The molecule has 1 nitrogen and oxygen atoms in total. The summed E-state index contributed by atoms with van der Waals surface area (Å²) in [6.45, 7) is 4.41. The molecule has 0 spiro atoms. The summed E-state index contributed by atoms with van der Waals surface area (Å²) in [5, 5.41) is 0. The summed E-state index contributed by atoms with van der Waals surface area (Å²) >= 11 is 1.86. The summed E-state index contributed by atoms with van der Waals surface area (Å²) < 4.78 is 0. The van der Waals surface area contributed by atoms with Crippen LogP contribution < -0.4 is 0 Å². The fraction of sp³-hybridized carbons (Fsp3) is 0.118. The number of hydrogen-bond donors (Lipinski definition) is 0. The molecule has 2 heterocycles. The molecular weight excluding hydrogens is 250 g/mol. The van der Waals surface area contributed by atoms with Crippen molar-refractivity contribution in [3.63, 3.8) is 0 Å². The largest absolute Gasteiger partial charge is 0.265 e. The van der Waals surface area contributed by atoms with E-state index in [9.17, 15) is 0 Å². The van der Waals surface area contributed by atoms with Crippen molar-refractivity contribution >= 4 is 11.3 Å². The topological polar surface area (TPSA) is 12.9 Å². The zero-order valence-electron chi connectivity index (χ0n) is 11.1. The number of nitrogens with zero attached hydrogens (tertiary/aromatic N) is 1. The van der Waals surface area contributed by atoms with Gasteiger partial charge in [0, 0.05) is 22.1 Å². The van der Waals surface area contributed by atoms with E-state index in [1.165, 1.54) is 32.0 Å². The first-order chi connectivity index (χ1) is 9.27. The van der Waals surface area contributed by atoms with Crippen LogP contribution in [0.2, 0.25) is 0 Å². The lowest BCUT2D eigenvalue weighted by Crippen LogP contribution is -1.79. The van der Waals surface area contributed by atoms with E-state index >= 15 is 0 Å². The third-order valence-electron chi connectivity index (χ3n) is 3.43. The molecule has 0 saturated carbocycles. The second kappa shape index (κ2) is 4.98. The van der Waals surface area contributed by atoms with E-state index in [0.717, 1.165) is 0 Å². The minimum atomic E-state index is 1.25. The number of benzene rings is 1. The molecule has 0 aliphatic rings. The van der Waals surface area contributed by atoms with Gasteiger partial charge in [0.1, 0.15) is 0 Å². The molecule has 3 rings (SSSR count). The van der Waals surface area contributed by atoms with Crippen molar-refractivity contribution in [2.24, 2.45) is 0 Å². The number of thiophene rings is 1. The highest BCUT2D eigenvalue weighted by Crippen LogP contribution is 2.41. The van der Waals surface area contributed by atoms with Crippen LogP contribution >= 0.6 is 11.3 Å². The molecule has 0 radical (unpaired) electrons. The van der Waals surface area contributed by atoms with Crippen LogP contribution in [0.15, 0.2) is 54.9 Å². The molecule has 2 heteroatoms. The van der Waals surface area contributed by atoms with E-state index in [1.807, 2.05) is 23.7 Å². The van der Waals surface area contributed by atoms with Crippen molar-refractivity contribution in [3.8, 4) is 20.9 Å². The molecule has 0 atom stereocenters. The van der Waals surface area contributed by atoms with Crippen LogP contribution in [-0.2, 0) is 0 Å². The van der Waals surface area contributed by atoms with E-state index in [4.69, 9.17) is 0 Å². The smallest absolute Gasteiger partial charge is 0.0382 e. The normalized spacial score (nSPS) is 10.6. The molecule has 0 unspecified atom stereocenters. The average Bonchev–Trinajstić information content (AvgIpc) is 2.77. The van der Waals surface area contributed by atoms with Gasteiger partial charge in [-0.1, -0.05) is 30.3 Å². The second-order valence-electron chi connectivity index (χ2n) is 4.61. The van der Waals surface area contributed by atoms with Crippen molar-refractivity contribution in [2.45, 2.75) is 13.8 Å². The number of aromatic nitrogens is 1. The zero-order valence-corrected chi connectivity index (χ0v) is 11.9. The van der Waals surface area contributed by atoms with Crippen molar-refractivity contribution in [1.82, 2.24) is 4.98 Å². The maximum Gasteiger partial charge on any atom is 0.0382 e. The minimum Gasteiger partial charge on any atom is -0.265 e. The number of hydrogen-bond acceptors (Lipinski definition) is 2. The molecule has 3 aromatic rings. The monoisotopic (exact) mass is 265 g/mol. The second-order valence-corrected chi connectivity index (χ2v) is 5.63. The maximum absolute atomic E-state index is 4.09. The van der Waals surface area contributed by atoms with Crippen LogP contribution in [0.5, 0.6) is 0 Å². The van der Waals surface area contributed by atoms with Crippen LogP contribution in [-0.4, -0.2) is 4.98 Å². The predicted molar refractivity (Wildman–Crippen MR) is 82.5 cm³/mol. The first kappa shape index (κ1) is 12.1. The van der Waals surface area contributed by atoms with E-state index in [0.29, 0.717) is 0 Å². The SMILES string of the molecule is Cc1c(-c2ccccc2)sc(-c2ccncc2)c1C. The zero-order chi connectivity index (χ0) is 13.2. The van der Waals surface area contributed by atoms with Crippen LogP contribution in [0, 0.1) is 13.8 Å². The third-order valence-corrected chi connectivity index (χ3v) is 4.92.